The molecule has 0 saturated carbocycles. The number of nitrogens with one attached hydrogen (secondary N) is 1. The Hall–Kier alpha value is -3.00. The Balaban J connectivity index is 1.70. The maximum Gasteiger partial charge on any atom is 0.299 e. The van der Waals surface area contributed by atoms with E-state index >= 15 is 0 Å². The van der Waals surface area contributed by atoms with Crippen molar-refractivity contribution in [3.8, 4) is 11.5 Å². The first-order chi connectivity index (χ1) is 15.1. The van der Waals surface area contributed by atoms with E-state index in [-0.39, 0.29) is 5.24 Å². The topological polar surface area (TPSA) is 75.5 Å². The molecule has 7 nitrogen and oxygen atoms in total. The molecule has 0 aliphatic carbocycles. The fraction of sp³-hybridized carbons (Fsp3) is 0.348. The highest BCUT2D eigenvalue weighted by Crippen LogP contribution is 2.33. The van der Waals surface area contributed by atoms with Crippen LogP contribution in [0.1, 0.15) is 30.0 Å². The van der Waals surface area contributed by atoms with Gasteiger partial charge in [-0.05, 0) is 61.2 Å². The summed E-state index contributed by atoms with van der Waals surface area (Å²) in [6, 6.07) is 12.3. The number of ether oxygens (including phenoxy) is 2. The van der Waals surface area contributed by atoms with Crippen LogP contribution in [0.5, 0.6) is 11.5 Å². The van der Waals surface area contributed by atoms with Crippen LogP contribution in [0.25, 0.3) is 0 Å². The van der Waals surface area contributed by atoms with E-state index in [1.165, 1.54) is 17.3 Å². The molecule has 2 aromatic carbocycles. The van der Waals surface area contributed by atoms with E-state index in [1.807, 2.05) is 25.1 Å². The Morgan fingerprint density at radius 2 is 2.03 bits per heavy atom. The molecule has 0 spiro atoms. The first-order valence-corrected chi connectivity index (χ1v) is 11.3. The molecule has 1 N–H and O–H groups in total. The Bertz CT molecular complexity index is 1050. The average Bonchev–Trinajstić information content (AvgIpc) is 2.82. The lowest BCUT2D eigenvalue weighted by atomic mass is 9.97. The van der Waals surface area contributed by atoms with Gasteiger partial charge in [-0.3, -0.25) is 9.79 Å². The van der Waals surface area contributed by atoms with Gasteiger partial charge in [0.05, 0.1) is 19.9 Å². The number of anilines is 1. The van der Waals surface area contributed by atoms with E-state index in [0.29, 0.717) is 23.8 Å². The van der Waals surface area contributed by atoms with E-state index in [4.69, 9.17) is 14.5 Å². The number of amidine groups is 1. The quantitative estimate of drug-likeness (QED) is 0.562. The van der Waals surface area contributed by atoms with Crippen LogP contribution >= 0.6 is 11.8 Å². The summed E-state index contributed by atoms with van der Waals surface area (Å²) in [5.74, 6) is 2.90. The van der Waals surface area contributed by atoms with Crippen LogP contribution in [0, 0.1) is 0 Å². The third-order valence-electron chi connectivity index (χ3n) is 5.36. The molecule has 0 fully saturated rings. The third kappa shape index (κ3) is 4.39. The Kier molecular flexibility index (Phi) is 6.46. The maximum atomic E-state index is 11.4. The molecule has 0 unspecified atom stereocenters. The second-order valence-corrected chi connectivity index (χ2v) is 8.16. The molecule has 162 valence electrons. The van der Waals surface area contributed by atoms with E-state index < -0.39 is 0 Å². The summed E-state index contributed by atoms with van der Waals surface area (Å²) < 4.78 is 10.9. The van der Waals surface area contributed by atoms with E-state index in [0.717, 1.165) is 47.7 Å². The summed E-state index contributed by atoms with van der Waals surface area (Å²) in [4.78, 5) is 18.5. The van der Waals surface area contributed by atoms with Crippen molar-refractivity contribution in [2.45, 2.75) is 19.8 Å². The predicted octanol–water partition coefficient (Wildman–Crippen LogP) is 4.08. The highest BCUT2D eigenvalue weighted by molar-refractivity contribution is 8.14. The monoisotopic (exact) mass is 438 g/mol. The molecule has 1 amide bonds. The van der Waals surface area contributed by atoms with Gasteiger partial charge in [0.1, 0.15) is 5.84 Å². The molecular weight excluding hydrogens is 412 g/mol. The molecular formula is C23H26N4O3S. The molecule has 4 rings (SSSR count). The lowest BCUT2D eigenvalue weighted by Crippen LogP contribution is -2.36. The summed E-state index contributed by atoms with van der Waals surface area (Å²) in [6.45, 7) is 3.62. The summed E-state index contributed by atoms with van der Waals surface area (Å²) in [5, 5.41) is 4.12. The van der Waals surface area contributed by atoms with Crippen molar-refractivity contribution in [3.05, 3.63) is 53.1 Å². The van der Waals surface area contributed by atoms with Crippen molar-refractivity contribution in [3.63, 3.8) is 0 Å². The van der Waals surface area contributed by atoms with Crippen LogP contribution in [0.4, 0.5) is 10.5 Å². The number of hydrogen-bond acceptors (Lipinski definition) is 6. The Morgan fingerprint density at radius 1 is 1.19 bits per heavy atom. The first kappa shape index (κ1) is 21.2. The van der Waals surface area contributed by atoms with Gasteiger partial charge >= 0.3 is 0 Å². The fourth-order valence-corrected chi connectivity index (χ4v) is 4.52. The molecule has 2 aliphatic rings. The van der Waals surface area contributed by atoms with Crippen LogP contribution < -0.4 is 19.8 Å². The second-order valence-electron chi connectivity index (χ2n) is 7.21. The number of carbonyl (C=O) groups excluding carboxylic acids is 1. The minimum absolute atomic E-state index is 0.108. The van der Waals surface area contributed by atoms with Crippen LogP contribution in [0.3, 0.4) is 0 Å². The molecule has 0 saturated heterocycles. The largest absolute Gasteiger partial charge is 0.493 e. The maximum absolute atomic E-state index is 11.4. The van der Waals surface area contributed by atoms with Gasteiger partial charge in [-0.25, -0.2) is 5.43 Å². The average molecular weight is 439 g/mol. The minimum atomic E-state index is -0.108. The molecule has 2 heterocycles. The number of aryl methyl sites for hydroxylation is 1. The smallest absolute Gasteiger partial charge is 0.299 e. The number of carbonyl (C=O) groups is 1. The minimum Gasteiger partial charge on any atom is -0.493 e. The molecule has 0 atom stereocenters. The van der Waals surface area contributed by atoms with Crippen LogP contribution in [0.15, 0.2) is 46.5 Å². The summed E-state index contributed by atoms with van der Waals surface area (Å²) in [7, 11) is 3.28. The van der Waals surface area contributed by atoms with Gasteiger partial charge in [-0.2, -0.15) is 5.10 Å². The van der Waals surface area contributed by atoms with Gasteiger partial charge in [0, 0.05) is 30.1 Å². The highest BCUT2D eigenvalue weighted by Gasteiger charge is 2.24. The molecule has 2 aromatic rings. The van der Waals surface area contributed by atoms with Crippen molar-refractivity contribution in [2.24, 2.45) is 10.1 Å². The van der Waals surface area contributed by atoms with Gasteiger partial charge in [0.25, 0.3) is 5.24 Å². The number of amides is 1. The number of nitrogens with zero attached hydrogens (tertiary/aromatic N) is 3. The summed E-state index contributed by atoms with van der Waals surface area (Å²) in [5.41, 5.74) is 7.91. The van der Waals surface area contributed by atoms with E-state index in [9.17, 15) is 4.79 Å². The number of aliphatic imine (C=N–C) groups is 1. The number of fused-ring (bicyclic) bond motifs is 1. The van der Waals surface area contributed by atoms with E-state index in [1.54, 1.807) is 14.2 Å². The molecule has 0 radical (unpaired) electrons. The molecule has 31 heavy (non-hydrogen) atoms. The van der Waals surface area contributed by atoms with Gasteiger partial charge in [0.2, 0.25) is 0 Å². The summed E-state index contributed by atoms with van der Waals surface area (Å²) >= 11 is 1.24. The second kappa shape index (κ2) is 9.43. The van der Waals surface area contributed by atoms with Crippen LogP contribution in [-0.2, 0) is 6.42 Å². The van der Waals surface area contributed by atoms with Crippen molar-refractivity contribution >= 4 is 34.2 Å². The van der Waals surface area contributed by atoms with Gasteiger partial charge in [-0.1, -0.05) is 17.8 Å². The summed E-state index contributed by atoms with van der Waals surface area (Å²) in [6.07, 6.45) is 2.03. The lowest BCUT2D eigenvalue weighted by molar-refractivity contribution is 0.261. The highest BCUT2D eigenvalue weighted by atomic mass is 32.2. The zero-order valence-corrected chi connectivity index (χ0v) is 18.8. The number of benzene rings is 2. The van der Waals surface area contributed by atoms with Crippen molar-refractivity contribution in [1.29, 1.82) is 0 Å². The van der Waals surface area contributed by atoms with E-state index in [2.05, 4.69) is 33.6 Å². The standard InChI is InChI=1S/C23H26N4O3S/c1-4-24-22(17-8-10-20(29-2)21(13-17)30-3)27-11-5-6-16-12-15(7-9-19(16)27)18-14-31-23(28)26-25-18/h7-10,12-13H,4-6,11,14H2,1-3H3,(H,26,28)/b24-22-. The Morgan fingerprint density at radius 3 is 2.74 bits per heavy atom. The third-order valence-corrected chi connectivity index (χ3v) is 6.13. The number of hydrazone groups is 1. The molecule has 2 aliphatic heterocycles. The van der Waals surface area contributed by atoms with Crippen molar-refractivity contribution in [1.82, 2.24) is 5.43 Å². The predicted molar refractivity (Wildman–Crippen MR) is 126 cm³/mol. The van der Waals surface area contributed by atoms with Crippen LogP contribution in [0.2, 0.25) is 0 Å². The first-order valence-electron chi connectivity index (χ1n) is 10.3. The normalized spacial score (nSPS) is 16.4. The molecule has 0 bridgehead atoms. The number of thioether (sulfide) groups is 1. The lowest BCUT2D eigenvalue weighted by Gasteiger charge is -2.33. The number of hydrogen-bond donors (Lipinski definition) is 1. The van der Waals surface area contributed by atoms with Crippen molar-refractivity contribution < 1.29 is 14.3 Å². The number of rotatable bonds is 5. The van der Waals surface area contributed by atoms with Crippen molar-refractivity contribution in [2.75, 3.05) is 38.0 Å². The Labute approximate surface area is 186 Å². The number of methoxy groups -OCH3 is 2. The van der Waals surface area contributed by atoms with Crippen LogP contribution in [-0.4, -0.2) is 49.8 Å². The fourth-order valence-electron chi connectivity index (χ4n) is 3.91. The zero-order valence-electron chi connectivity index (χ0n) is 18.0. The van der Waals surface area contributed by atoms with Gasteiger partial charge < -0.3 is 14.4 Å². The SMILES string of the molecule is CC/N=C(/c1ccc(OC)c(OC)c1)N1CCCc2cc(C3=NNC(=O)SC3)ccc21. The zero-order chi connectivity index (χ0) is 21.8. The molecule has 8 heteroatoms. The van der Waals surface area contributed by atoms with Gasteiger partial charge in [-0.15, -0.1) is 0 Å². The van der Waals surface area contributed by atoms with Gasteiger partial charge in [0.15, 0.2) is 11.5 Å². The molecule has 0 aromatic heterocycles.